The number of hydrogen-bond acceptors (Lipinski definition) is 6. The van der Waals surface area contributed by atoms with Crippen molar-refractivity contribution >= 4 is 33.5 Å². The summed E-state index contributed by atoms with van der Waals surface area (Å²) in [4.78, 5) is 11.7. The topological polar surface area (TPSA) is 83.3 Å². The second-order valence-corrected chi connectivity index (χ2v) is 6.91. The molecule has 0 atom stereocenters. The van der Waals surface area contributed by atoms with Gasteiger partial charge in [-0.2, -0.15) is 0 Å². The number of aromatic nitrogens is 3. The standard InChI is InChI=1S/C21H14ClN3O4/c22-17-4-2-1-3-15(17)10-25-11-16(23-24-25)12-28-21-19-14(7-8-27-19)9-13-5-6-18(26)29-20(13)21/h1-9,11H,10,12H2. The molecule has 0 unspecified atom stereocenters. The number of hydrogen-bond donors (Lipinski definition) is 0. The molecule has 3 heterocycles. The van der Waals surface area contributed by atoms with Crippen LogP contribution >= 0.6 is 11.6 Å². The molecule has 0 aliphatic carbocycles. The zero-order valence-corrected chi connectivity index (χ0v) is 15.8. The van der Waals surface area contributed by atoms with Gasteiger partial charge < -0.3 is 13.6 Å². The van der Waals surface area contributed by atoms with Crippen LogP contribution in [0.3, 0.4) is 0 Å². The average molecular weight is 408 g/mol. The van der Waals surface area contributed by atoms with Gasteiger partial charge in [0.05, 0.1) is 19.0 Å². The summed E-state index contributed by atoms with van der Waals surface area (Å²) < 4.78 is 18.5. The van der Waals surface area contributed by atoms with Crippen LogP contribution < -0.4 is 10.4 Å². The molecule has 7 nitrogen and oxygen atoms in total. The first-order valence-corrected chi connectivity index (χ1v) is 9.24. The Balaban J connectivity index is 1.43. The summed E-state index contributed by atoms with van der Waals surface area (Å²) in [6.07, 6.45) is 3.35. The van der Waals surface area contributed by atoms with Gasteiger partial charge in [-0.25, -0.2) is 9.48 Å². The first-order valence-electron chi connectivity index (χ1n) is 8.87. The molecule has 0 bridgehead atoms. The van der Waals surface area contributed by atoms with Gasteiger partial charge >= 0.3 is 5.63 Å². The number of halogens is 1. The van der Waals surface area contributed by atoms with Gasteiger partial charge in [0.15, 0.2) is 11.2 Å². The number of nitrogens with zero attached hydrogens (tertiary/aromatic N) is 3. The molecule has 8 heteroatoms. The van der Waals surface area contributed by atoms with Crippen LogP contribution in [0.15, 0.2) is 74.6 Å². The molecule has 144 valence electrons. The quantitative estimate of drug-likeness (QED) is 0.401. The molecule has 5 rings (SSSR count). The Morgan fingerprint density at radius 3 is 2.83 bits per heavy atom. The Labute approximate surface area is 169 Å². The van der Waals surface area contributed by atoms with Gasteiger partial charge in [0, 0.05) is 21.9 Å². The highest BCUT2D eigenvalue weighted by molar-refractivity contribution is 6.31. The third-order valence-corrected chi connectivity index (χ3v) is 4.89. The number of rotatable bonds is 5. The van der Waals surface area contributed by atoms with Crippen molar-refractivity contribution < 1.29 is 13.6 Å². The van der Waals surface area contributed by atoms with E-state index in [2.05, 4.69) is 10.3 Å². The predicted octanol–water partition coefficient (Wildman–Crippen LogP) is 4.41. The summed E-state index contributed by atoms with van der Waals surface area (Å²) in [7, 11) is 0. The minimum Gasteiger partial charge on any atom is -0.480 e. The second kappa shape index (κ2) is 7.10. The summed E-state index contributed by atoms with van der Waals surface area (Å²) in [6.45, 7) is 0.633. The molecule has 0 amide bonds. The molecule has 0 radical (unpaired) electrons. The first-order chi connectivity index (χ1) is 14.2. The van der Waals surface area contributed by atoms with Gasteiger partial charge in [-0.1, -0.05) is 35.0 Å². The maximum absolute atomic E-state index is 11.7. The first kappa shape index (κ1) is 17.5. The minimum absolute atomic E-state index is 0.135. The molecule has 2 aromatic carbocycles. The van der Waals surface area contributed by atoms with E-state index in [1.807, 2.05) is 36.4 Å². The van der Waals surface area contributed by atoms with Crippen LogP contribution in [-0.2, 0) is 13.2 Å². The molecule has 0 aliphatic rings. The van der Waals surface area contributed by atoms with Gasteiger partial charge in [-0.15, -0.1) is 5.10 Å². The van der Waals surface area contributed by atoms with E-state index in [1.165, 1.54) is 6.07 Å². The van der Waals surface area contributed by atoms with Crippen LogP contribution in [0.4, 0.5) is 0 Å². The maximum Gasteiger partial charge on any atom is 0.336 e. The lowest BCUT2D eigenvalue weighted by Gasteiger charge is -2.07. The van der Waals surface area contributed by atoms with E-state index in [0.29, 0.717) is 34.2 Å². The van der Waals surface area contributed by atoms with Gasteiger partial charge in [0.1, 0.15) is 12.3 Å². The fourth-order valence-electron chi connectivity index (χ4n) is 3.17. The fourth-order valence-corrected chi connectivity index (χ4v) is 3.36. The maximum atomic E-state index is 11.7. The Morgan fingerprint density at radius 2 is 1.93 bits per heavy atom. The normalized spacial score (nSPS) is 11.3. The monoisotopic (exact) mass is 407 g/mol. The van der Waals surface area contributed by atoms with Gasteiger partial charge in [0.2, 0.25) is 5.75 Å². The van der Waals surface area contributed by atoms with Crippen LogP contribution in [0.1, 0.15) is 11.3 Å². The third-order valence-electron chi connectivity index (χ3n) is 4.52. The van der Waals surface area contributed by atoms with Gasteiger partial charge in [0.25, 0.3) is 0 Å². The van der Waals surface area contributed by atoms with E-state index in [0.717, 1.165) is 16.3 Å². The lowest BCUT2D eigenvalue weighted by atomic mass is 10.1. The van der Waals surface area contributed by atoms with Crippen molar-refractivity contribution in [1.29, 1.82) is 0 Å². The third kappa shape index (κ3) is 3.36. The Bertz CT molecular complexity index is 1390. The molecule has 0 spiro atoms. The molecular weight excluding hydrogens is 394 g/mol. The molecule has 0 fully saturated rings. The van der Waals surface area contributed by atoms with E-state index in [-0.39, 0.29) is 6.61 Å². The van der Waals surface area contributed by atoms with E-state index >= 15 is 0 Å². The predicted molar refractivity (Wildman–Crippen MR) is 107 cm³/mol. The molecule has 0 saturated carbocycles. The van der Waals surface area contributed by atoms with E-state index in [4.69, 9.17) is 25.2 Å². The number of fused-ring (bicyclic) bond motifs is 2. The van der Waals surface area contributed by atoms with E-state index < -0.39 is 5.63 Å². The SMILES string of the molecule is O=c1ccc2cc3ccoc3c(OCc3cn(Cc4ccccc4Cl)nn3)c2o1. The van der Waals surface area contributed by atoms with E-state index in [9.17, 15) is 4.79 Å². The van der Waals surface area contributed by atoms with Crippen molar-refractivity contribution in [1.82, 2.24) is 15.0 Å². The van der Waals surface area contributed by atoms with Crippen molar-refractivity contribution in [3.05, 3.63) is 87.7 Å². The van der Waals surface area contributed by atoms with Crippen LogP contribution in [0.2, 0.25) is 5.02 Å². The van der Waals surface area contributed by atoms with Crippen molar-refractivity contribution in [3.63, 3.8) is 0 Å². The van der Waals surface area contributed by atoms with E-state index in [1.54, 1.807) is 23.2 Å². The molecule has 3 aromatic heterocycles. The second-order valence-electron chi connectivity index (χ2n) is 6.50. The number of ether oxygens (including phenoxy) is 1. The van der Waals surface area contributed by atoms with Crippen molar-refractivity contribution in [2.45, 2.75) is 13.2 Å². The lowest BCUT2D eigenvalue weighted by Crippen LogP contribution is -2.01. The molecule has 0 aliphatic heterocycles. The van der Waals surface area contributed by atoms with Gasteiger partial charge in [-0.3, -0.25) is 0 Å². The number of benzene rings is 2. The van der Waals surface area contributed by atoms with Crippen LogP contribution in [-0.4, -0.2) is 15.0 Å². The highest BCUT2D eigenvalue weighted by Gasteiger charge is 2.15. The van der Waals surface area contributed by atoms with Crippen molar-refractivity contribution in [2.24, 2.45) is 0 Å². The Kier molecular flexibility index (Phi) is 4.29. The Morgan fingerprint density at radius 1 is 1.07 bits per heavy atom. The largest absolute Gasteiger partial charge is 0.480 e. The van der Waals surface area contributed by atoms with Crippen molar-refractivity contribution in [3.8, 4) is 5.75 Å². The summed E-state index contributed by atoms with van der Waals surface area (Å²) in [6, 6.07) is 14.3. The molecule has 0 saturated heterocycles. The summed E-state index contributed by atoms with van der Waals surface area (Å²) in [5.41, 5.74) is 1.95. The Hall–Kier alpha value is -3.58. The van der Waals surface area contributed by atoms with Gasteiger partial charge in [-0.05, 0) is 29.8 Å². The molecule has 29 heavy (non-hydrogen) atoms. The molecule has 5 aromatic rings. The molecular formula is C21H14ClN3O4. The van der Waals surface area contributed by atoms with Crippen LogP contribution in [0.25, 0.3) is 21.9 Å². The number of furan rings is 1. The zero-order chi connectivity index (χ0) is 19.8. The smallest absolute Gasteiger partial charge is 0.336 e. The summed E-state index contributed by atoms with van der Waals surface area (Å²) in [5, 5.41) is 10.5. The summed E-state index contributed by atoms with van der Waals surface area (Å²) >= 11 is 6.20. The molecule has 0 N–H and O–H groups in total. The van der Waals surface area contributed by atoms with Crippen LogP contribution in [0.5, 0.6) is 5.75 Å². The summed E-state index contributed by atoms with van der Waals surface area (Å²) in [5.74, 6) is 0.362. The highest BCUT2D eigenvalue weighted by Crippen LogP contribution is 2.35. The average Bonchev–Trinajstić information content (AvgIpc) is 3.36. The minimum atomic E-state index is -0.459. The lowest BCUT2D eigenvalue weighted by molar-refractivity contribution is 0.298. The fraction of sp³-hybridized carbons (Fsp3) is 0.0952. The highest BCUT2D eigenvalue weighted by atomic mass is 35.5. The van der Waals surface area contributed by atoms with Crippen molar-refractivity contribution in [2.75, 3.05) is 0 Å². The van der Waals surface area contributed by atoms with Crippen LogP contribution in [0, 0.1) is 0 Å². The zero-order valence-electron chi connectivity index (χ0n) is 15.0.